The van der Waals surface area contributed by atoms with E-state index in [1.165, 1.54) is 17.7 Å². The zero-order chi connectivity index (χ0) is 16.9. The van der Waals surface area contributed by atoms with Gasteiger partial charge in [0.1, 0.15) is 0 Å². The van der Waals surface area contributed by atoms with E-state index in [1.807, 2.05) is 31.2 Å². The molecule has 0 aliphatic heterocycles. The zero-order valence-electron chi connectivity index (χ0n) is 13.2. The lowest BCUT2D eigenvalue weighted by atomic mass is 10.1. The van der Waals surface area contributed by atoms with Gasteiger partial charge in [-0.05, 0) is 43.2 Å². The van der Waals surface area contributed by atoms with E-state index in [4.69, 9.17) is 0 Å². The van der Waals surface area contributed by atoms with Crippen LogP contribution in [0.1, 0.15) is 11.1 Å². The molecular formula is C17H20N2O3S. The summed E-state index contributed by atoms with van der Waals surface area (Å²) >= 11 is 0. The molecule has 2 N–H and O–H groups in total. The Kier molecular flexibility index (Phi) is 5.39. The summed E-state index contributed by atoms with van der Waals surface area (Å²) in [5, 5.41) is 5.44. The van der Waals surface area contributed by atoms with Crippen LogP contribution in [-0.2, 0) is 16.3 Å². The van der Waals surface area contributed by atoms with E-state index in [-0.39, 0.29) is 10.9 Å². The standard InChI is InChI=1S/C17H20N2O3S/c1-13-3-5-14(6-4-13)11-12-18-17(20)19-15-7-9-16(10-8-15)23(2,21)22/h3-10H,11-12H2,1-2H3,(H2,18,19,20). The molecule has 0 unspecified atom stereocenters. The number of carbonyl (C=O) groups is 1. The normalized spacial score (nSPS) is 11.0. The highest BCUT2D eigenvalue weighted by Gasteiger charge is 2.07. The SMILES string of the molecule is Cc1ccc(CCNC(=O)Nc2ccc(S(C)(=O)=O)cc2)cc1. The van der Waals surface area contributed by atoms with Gasteiger partial charge >= 0.3 is 6.03 Å². The topological polar surface area (TPSA) is 75.3 Å². The van der Waals surface area contributed by atoms with Crippen LogP contribution in [0.5, 0.6) is 0 Å². The van der Waals surface area contributed by atoms with Crippen LogP contribution in [0.4, 0.5) is 10.5 Å². The molecule has 0 fully saturated rings. The summed E-state index contributed by atoms with van der Waals surface area (Å²) < 4.78 is 22.7. The Morgan fingerprint density at radius 2 is 1.61 bits per heavy atom. The van der Waals surface area contributed by atoms with Gasteiger partial charge in [-0.1, -0.05) is 29.8 Å². The molecule has 2 rings (SSSR count). The first-order valence-corrected chi connectivity index (χ1v) is 9.14. The summed E-state index contributed by atoms with van der Waals surface area (Å²) in [6.45, 7) is 2.56. The van der Waals surface area contributed by atoms with E-state index in [0.717, 1.165) is 18.2 Å². The Morgan fingerprint density at radius 3 is 2.17 bits per heavy atom. The Morgan fingerprint density at radius 1 is 1.00 bits per heavy atom. The number of rotatable bonds is 5. The number of urea groups is 1. The van der Waals surface area contributed by atoms with Crippen molar-refractivity contribution < 1.29 is 13.2 Å². The van der Waals surface area contributed by atoms with Gasteiger partial charge in [0.2, 0.25) is 0 Å². The van der Waals surface area contributed by atoms with Crippen LogP contribution in [0.3, 0.4) is 0 Å². The van der Waals surface area contributed by atoms with Crippen LogP contribution in [0.25, 0.3) is 0 Å². The lowest BCUT2D eigenvalue weighted by molar-refractivity contribution is 0.252. The van der Waals surface area contributed by atoms with Crippen molar-refractivity contribution in [1.82, 2.24) is 5.32 Å². The van der Waals surface area contributed by atoms with Crippen molar-refractivity contribution in [2.45, 2.75) is 18.2 Å². The van der Waals surface area contributed by atoms with Crippen molar-refractivity contribution in [3.63, 3.8) is 0 Å². The number of hydrogen-bond acceptors (Lipinski definition) is 3. The van der Waals surface area contributed by atoms with Gasteiger partial charge in [0.15, 0.2) is 9.84 Å². The second kappa shape index (κ2) is 7.28. The molecule has 0 aromatic heterocycles. The first kappa shape index (κ1) is 17.0. The van der Waals surface area contributed by atoms with Crippen LogP contribution in [0.2, 0.25) is 0 Å². The molecule has 0 bridgehead atoms. The molecule has 23 heavy (non-hydrogen) atoms. The summed E-state index contributed by atoms with van der Waals surface area (Å²) in [4.78, 5) is 12.0. The largest absolute Gasteiger partial charge is 0.338 e. The number of hydrogen-bond donors (Lipinski definition) is 2. The van der Waals surface area contributed by atoms with Crippen molar-refractivity contribution >= 4 is 21.6 Å². The van der Waals surface area contributed by atoms with Gasteiger partial charge in [-0.3, -0.25) is 0 Å². The summed E-state index contributed by atoms with van der Waals surface area (Å²) in [7, 11) is -3.22. The van der Waals surface area contributed by atoms with Gasteiger partial charge in [-0.15, -0.1) is 0 Å². The molecule has 0 aliphatic carbocycles. The van der Waals surface area contributed by atoms with Crippen molar-refractivity contribution in [3.8, 4) is 0 Å². The van der Waals surface area contributed by atoms with E-state index < -0.39 is 9.84 Å². The molecule has 0 aliphatic rings. The van der Waals surface area contributed by atoms with E-state index in [1.54, 1.807) is 12.1 Å². The van der Waals surface area contributed by atoms with Gasteiger partial charge < -0.3 is 10.6 Å². The number of aryl methyl sites for hydroxylation is 1. The highest BCUT2D eigenvalue weighted by atomic mass is 32.2. The lowest BCUT2D eigenvalue weighted by Gasteiger charge is -2.08. The van der Waals surface area contributed by atoms with Crippen molar-refractivity contribution in [3.05, 3.63) is 59.7 Å². The lowest BCUT2D eigenvalue weighted by Crippen LogP contribution is -2.30. The van der Waals surface area contributed by atoms with Crippen LogP contribution in [-0.4, -0.2) is 27.2 Å². The Bertz CT molecular complexity index is 766. The maximum Gasteiger partial charge on any atom is 0.319 e. The minimum Gasteiger partial charge on any atom is -0.338 e. The smallest absolute Gasteiger partial charge is 0.319 e. The Labute approximate surface area is 136 Å². The third-order valence-electron chi connectivity index (χ3n) is 3.36. The van der Waals surface area contributed by atoms with Gasteiger partial charge in [0, 0.05) is 18.5 Å². The molecule has 2 amide bonds. The average molecular weight is 332 g/mol. The third-order valence-corrected chi connectivity index (χ3v) is 4.49. The van der Waals surface area contributed by atoms with E-state index in [0.29, 0.717) is 12.2 Å². The Hall–Kier alpha value is -2.34. The first-order valence-electron chi connectivity index (χ1n) is 7.25. The van der Waals surface area contributed by atoms with Crippen molar-refractivity contribution in [2.75, 3.05) is 18.1 Å². The molecule has 2 aromatic rings. The molecule has 0 heterocycles. The first-order chi connectivity index (χ1) is 10.8. The molecule has 0 spiro atoms. The van der Waals surface area contributed by atoms with E-state index >= 15 is 0 Å². The Balaban J connectivity index is 1.81. The van der Waals surface area contributed by atoms with Gasteiger partial charge in [-0.2, -0.15) is 0 Å². The van der Waals surface area contributed by atoms with E-state index in [9.17, 15) is 13.2 Å². The second-order valence-electron chi connectivity index (χ2n) is 5.41. The fourth-order valence-electron chi connectivity index (χ4n) is 2.04. The van der Waals surface area contributed by atoms with Crippen molar-refractivity contribution in [1.29, 1.82) is 0 Å². The molecule has 6 heteroatoms. The quantitative estimate of drug-likeness (QED) is 0.884. The number of nitrogens with one attached hydrogen (secondary N) is 2. The molecule has 0 radical (unpaired) electrons. The second-order valence-corrected chi connectivity index (χ2v) is 7.43. The predicted octanol–water partition coefficient (Wildman–Crippen LogP) is 2.76. The number of amides is 2. The molecule has 5 nitrogen and oxygen atoms in total. The molecular weight excluding hydrogens is 312 g/mol. The summed E-state index contributed by atoms with van der Waals surface area (Å²) in [5.74, 6) is 0. The average Bonchev–Trinajstić information content (AvgIpc) is 2.49. The van der Waals surface area contributed by atoms with Crippen LogP contribution >= 0.6 is 0 Å². The van der Waals surface area contributed by atoms with Crippen LogP contribution in [0, 0.1) is 6.92 Å². The molecule has 0 saturated carbocycles. The van der Waals surface area contributed by atoms with Crippen LogP contribution in [0.15, 0.2) is 53.4 Å². The number of anilines is 1. The summed E-state index contributed by atoms with van der Waals surface area (Å²) in [5.41, 5.74) is 2.91. The van der Waals surface area contributed by atoms with E-state index in [2.05, 4.69) is 10.6 Å². The summed E-state index contributed by atoms with van der Waals surface area (Å²) in [6.07, 6.45) is 1.90. The third kappa shape index (κ3) is 5.41. The fourth-order valence-corrected chi connectivity index (χ4v) is 2.67. The maximum atomic E-state index is 11.8. The molecule has 122 valence electrons. The number of carbonyl (C=O) groups excluding carboxylic acids is 1. The predicted molar refractivity (Wildman–Crippen MR) is 91.5 cm³/mol. The maximum absolute atomic E-state index is 11.8. The summed E-state index contributed by atoms with van der Waals surface area (Å²) in [6, 6.07) is 13.9. The highest BCUT2D eigenvalue weighted by Crippen LogP contribution is 2.13. The highest BCUT2D eigenvalue weighted by molar-refractivity contribution is 7.90. The number of sulfone groups is 1. The monoisotopic (exact) mass is 332 g/mol. The molecule has 2 aromatic carbocycles. The molecule has 0 saturated heterocycles. The minimum absolute atomic E-state index is 0.225. The van der Waals surface area contributed by atoms with Gasteiger partial charge in [0.25, 0.3) is 0 Å². The number of benzene rings is 2. The zero-order valence-corrected chi connectivity index (χ0v) is 14.0. The van der Waals surface area contributed by atoms with Gasteiger partial charge in [-0.25, -0.2) is 13.2 Å². The minimum atomic E-state index is -3.22. The van der Waals surface area contributed by atoms with Crippen LogP contribution < -0.4 is 10.6 Å². The molecule has 0 atom stereocenters. The fraction of sp³-hybridized carbons (Fsp3) is 0.235. The van der Waals surface area contributed by atoms with Crippen molar-refractivity contribution in [2.24, 2.45) is 0 Å². The van der Waals surface area contributed by atoms with Gasteiger partial charge in [0.05, 0.1) is 4.90 Å².